The fourth-order valence-corrected chi connectivity index (χ4v) is 2.68. The third kappa shape index (κ3) is 3.62. The Labute approximate surface area is 118 Å². The van der Waals surface area contributed by atoms with Gasteiger partial charge in [0, 0.05) is 25.2 Å². The van der Waals surface area contributed by atoms with Crippen LogP contribution in [-0.4, -0.2) is 34.2 Å². The number of hydrogen-bond acceptors (Lipinski definition) is 3. The number of aromatic nitrogens is 1. The molecule has 108 valence electrons. The second kappa shape index (κ2) is 6.59. The van der Waals surface area contributed by atoms with Gasteiger partial charge >= 0.3 is 0 Å². The maximum Gasteiger partial charge on any atom is 0.255 e. The summed E-state index contributed by atoms with van der Waals surface area (Å²) < 4.78 is 13.2. The number of ketones is 1. The van der Waals surface area contributed by atoms with Gasteiger partial charge in [0.15, 0.2) is 0 Å². The summed E-state index contributed by atoms with van der Waals surface area (Å²) in [5.74, 6) is -0.675. The van der Waals surface area contributed by atoms with Gasteiger partial charge in [-0.25, -0.2) is 4.39 Å². The molecule has 1 amide bonds. The van der Waals surface area contributed by atoms with E-state index < -0.39 is 5.82 Å². The Hall–Kier alpha value is -1.78. The molecule has 1 aliphatic heterocycles. The molecule has 1 aromatic heterocycles. The van der Waals surface area contributed by atoms with Crippen LogP contribution in [0.4, 0.5) is 4.39 Å². The molecule has 0 aromatic carbocycles. The van der Waals surface area contributed by atoms with E-state index >= 15 is 0 Å². The molecular formula is C15H19FN2O2. The lowest BCUT2D eigenvalue weighted by Crippen LogP contribution is -2.41. The van der Waals surface area contributed by atoms with Crippen molar-refractivity contribution in [1.29, 1.82) is 0 Å². The summed E-state index contributed by atoms with van der Waals surface area (Å²) in [6.07, 6.45) is 6.64. The smallest absolute Gasteiger partial charge is 0.255 e. The molecule has 5 heteroatoms. The second-order valence-electron chi connectivity index (χ2n) is 5.30. The normalized spacial score (nSPS) is 19.5. The Morgan fingerprint density at radius 1 is 1.35 bits per heavy atom. The number of amides is 1. The monoisotopic (exact) mass is 278 g/mol. The van der Waals surface area contributed by atoms with Crippen LogP contribution in [0.3, 0.4) is 0 Å². The SMILES string of the molecule is CC(=O)CC1CCCCCN1C(=O)c1cncc(F)c1. The lowest BCUT2D eigenvalue weighted by Gasteiger charge is -2.29. The molecule has 1 aliphatic rings. The average molecular weight is 278 g/mol. The molecule has 1 atom stereocenters. The molecule has 0 radical (unpaired) electrons. The molecule has 0 saturated carbocycles. The fourth-order valence-electron chi connectivity index (χ4n) is 2.68. The molecule has 0 N–H and O–H groups in total. The Kier molecular flexibility index (Phi) is 4.82. The van der Waals surface area contributed by atoms with E-state index in [4.69, 9.17) is 0 Å². The van der Waals surface area contributed by atoms with Gasteiger partial charge < -0.3 is 4.90 Å². The number of likely N-dealkylation sites (tertiary alicyclic amines) is 1. The van der Waals surface area contributed by atoms with Gasteiger partial charge in [0.1, 0.15) is 11.6 Å². The highest BCUT2D eigenvalue weighted by atomic mass is 19.1. The molecule has 2 rings (SSSR count). The summed E-state index contributed by atoms with van der Waals surface area (Å²) in [6, 6.07) is 1.12. The first-order valence-corrected chi connectivity index (χ1v) is 6.99. The molecule has 0 spiro atoms. The number of nitrogens with zero attached hydrogens (tertiary/aromatic N) is 2. The van der Waals surface area contributed by atoms with Crippen molar-refractivity contribution in [3.8, 4) is 0 Å². The first kappa shape index (κ1) is 14.6. The molecule has 1 fully saturated rings. The van der Waals surface area contributed by atoms with Crippen LogP contribution in [0.1, 0.15) is 49.4 Å². The summed E-state index contributed by atoms with van der Waals surface area (Å²) in [5.41, 5.74) is 0.250. The third-order valence-corrected chi connectivity index (χ3v) is 3.61. The number of hydrogen-bond donors (Lipinski definition) is 0. The second-order valence-corrected chi connectivity index (χ2v) is 5.30. The van der Waals surface area contributed by atoms with Gasteiger partial charge in [0.05, 0.1) is 11.8 Å². The van der Waals surface area contributed by atoms with Crippen molar-refractivity contribution in [3.05, 3.63) is 29.8 Å². The first-order chi connectivity index (χ1) is 9.58. The zero-order valence-electron chi connectivity index (χ0n) is 11.6. The van der Waals surface area contributed by atoms with E-state index in [0.29, 0.717) is 13.0 Å². The Balaban J connectivity index is 2.21. The highest BCUT2D eigenvalue weighted by Crippen LogP contribution is 2.21. The molecule has 4 nitrogen and oxygen atoms in total. The first-order valence-electron chi connectivity index (χ1n) is 6.99. The standard InChI is InChI=1S/C15H19FN2O2/c1-11(19)7-14-5-3-2-4-6-18(14)15(20)12-8-13(16)10-17-9-12/h8-10,14H,2-7H2,1H3. The number of rotatable bonds is 3. The zero-order chi connectivity index (χ0) is 14.5. The largest absolute Gasteiger partial charge is 0.335 e. The van der Waals surface area contributed by atoms with Crippen molar-refractivity contribution in [2.75, 3.05) is 6.54 Å². The van der Waals surface area contributed by atoms with Crippen LogP contribution in [0.25, 0.3) is 0 Å². The fraction of sp³-hybridized carbons (Fsp3) is 0.533. The average Bonchev–Trinajstić information content (AvgIpc) is 2.63. The summed E-state index contributed by atoms with van der Waals surface area (Å²) >= 11 is 0. The number of pyridine rings is 1. The van der Waals surface area contributed by atoms with Crippen molar-refractivity contribution in [2.24, 2.45) is 0 Å². The zero-order valence-corrected chi connectivity index (χ0v) is 11.6. The van der Waals surface area contributed by atoms with Crippen LogP contribution in [0, 0.1) is 5.82 Å². The highest BCUT2D eigenvalue weighted by molar-refractivity contribution is 5.94. The van der Waals surface area contributed by atoms with Crippen LogP contribution in [0.5, 0.6) is 0 Å². The van der Waals surface area contributed by atoms with E-state index in [0.717, 1.165) is 31.9 Å². The lowest BCUT2D eigenvalue weighted by atomic mass is 10.0. The van der Waals surface area contributed by atoms with Crippen molar-refractivity contribution < 1.29 is 14.0 Å². The van der Waals surface area contributed by atoms with E-state index in [-0.39, 0.29) is 23.3 Å². The van der Waals surface area contributed by atoms with Crippen LogP contribution < -0.4 is 0 Å². The lowest BCUT2D eigenvalue weighted by molar-refractivity contribution is -0.118. The topological polar surface area (TPSA) is 50.3 Å². The Morgan fingerprint density at radius 2 is 2.15 bits per heavy atom. The van der Waals surface area contributed by atoms with E-state index in [1.807, 2.05) is 0 Å². The third-order valence-electron chi connectivity index (χ3n) is 3.61. The Bertz CT molecular complexity index is 504. The van der Waals surface area contributed by atoms with Gasteiger partial charge in [-0.15, -0.1) is 0 Å². The Morgan fingerprint density at radius 3 is 2.85 bits per heavy atom. The molecule has 20 heavy (non-hydrogen) atoms. The maximum absolute atomic E-state index is 13.2. The van der Waals surface area contributed by atoms with Crippen molar-refractivity contribution in [3.63, 3.8) is 0 Å². The van der Waals surface area contributed by atoms with Crippen molar-refractivity contribution in [1.82, 2.24) is 9.88 Å². The van der Waals surface area contributed by atoms with Crippen LogP contribution >= 0.6 is 0 Å². The minimum Gasteiger partial charge on any atom is -0.335 e. The van der Waals surface area contributed by atoms with E-state index in [9.17, 15) is 14.0 Å². The van der Waals surface area contributed by atoms with E-state index in [1.54, 1.807) is 4.90 Å². The van der Waals surface area contributed by atoms with Gasteiger partial charge in [0.2, 0.25) is 0 Å². The van der Waals surface area contributed by atoms with E-state index in [2.05, 4.69) is 4.98 Å². The molecule has 1 saturated heterocycles. The molecular weight excluding hydrogens is 259 g/mol. The number of halogens is 1. The summed E-state index contributed by atoms with van der Waals surface area (Å²) in [5, 5.41) is 0. The van der Waals surface area contributed by atoms with Crippen LogP contribution in [-0.2, 0) is 4.79 Å². The molecule has 2 heterocycles. The highest BCUT2D eigenvalue weighted by Gasteiger charge is 2.27. The van der Waals surface area contributed by atoms with Crippen molar-refractivity contribution in [2.45, 2.75) is 45.1 Å². The summed E-state index contributed by atoms with van der Waals surface area (Å²) in [4.78, 5) is 29.3. The minimum atomic E-state index is -0.520. The van der Waals surface area contributed by atoms with Gasteiger partial charge in [-0.05, 0) is 25.8 Å². The molecule has 0 aliphatic carbocycles. The molecule has 1 aromatic rings. The van der Waals surface area contributed by atoms with Crippen LogP contribution in [0.2, 0.25) is 0 Å². The van der Waals surface area contributed by atoms with Gasteiger partial charge in [-0.2, -0.15) is 0 Å². The predicted octanol–water partition coefficient (Wildman–Crippen LogP) is 2.58. The molecule has 1 unspecified atom stereocenters. The van der Waals surface area contributed by atoms with Crippen molar-refractivity contribution >= 4 is 11.7 Å². The maximum atomic E-state index is 13.2. The predicted molar refractivity (Wildman–Crippen MR) is 72.8 cm³/mol. The minimum absolute atomic E-state index is 0.0760. The van der Waals surface area contributed by atoms with Crippen LogP contribution in [0.15, 0.2) is 18.5 Å². The van der Waals surface area contributed by atoms with Gasteiger partial charge in [0.25, 0.3) is 5.91 Å². The number of carbonyl (C=O) groups excluding carboxylic acids is 2. The summed E-state index contributed by atoms with van der Waals surface area (Å²) in [6.45, 7) is 2.16. The van der Waals surface area contributed by atoms with Gasteiger partial charge in [-0.1, -0.05) is 12.8 Å². The summed E-state index contributed by atoms with van der Waals surface area (Å²) in [7, 11) is 0. The van der Waals surface area contributed by atoms with E-state index in [1.165, 1.54) is 19.2 Å². The number of Topliss-reactive ketones (excluding diaryl/α,β-unsaturated/α-hetero) is 1. The number of carbonyl (C=O) groups is 2. The molecule has 0 bridgehead atoms. The van der Waals surface area contributed by atoms with Gasteiger partial charge in [-0.3, -0.25) is 14.6 Å². The quantitative estimate of drug-likeness (QED) is 0.854.